The van der Waals surface area contributed by atoms with Crippen molar-refractivity contribution in [3.05, 3.63) is 11.8 Å². The van der Waals surface area contributed by atoms with E-state index in [-0.39, 0.29) is 0 Å². The van der Waals surface area contributed by atoms with Gasteiger partial charge in [0, 0.05) is 0 Å². The molecule has 0 spiro atoms. The number of aromatic nitrogens is 2. The van der Waals surface area contributed by atoms with E-state index in [2.05, 4.69) is 36.6 Å². The average molecular weight is 650 g/mol. The Morgan fingerprint density at radius 3 is 2.05 bits per heavy atom. The first-order valence-electron chi connectivity index (χ1n) is 15.9. The number of rotatable bonds is 14. The summed E-state index contributed by atoms with van der Waals surface area (Å²) < 4.78 is 17.6. The van der Waals surface area contributed by atoms with Gasteiger partial charge in [0.2, 0.25) is 0 Å². The molecule has 0 bridgehead atoms. The zero-order valence-electron chi connectivity index (χ0n) is 25.4. The van der Waals surface area contributed by atoms with Gasteiger partial charge in [-0.25, -0.2) is 0 Å². The van der Waals surface area contributed by atoms with Gasteiger partial charge >= 0.3 is 242 Å². The van der Waals surface area contributed by atoms with Crippen LogP contribution in [0, 0.1) is 5.92 Å². The summed E-state index contributed by atoms with van der Waals surface area (Å²) >= 11 is -2.83. The van der Waals surface area contributed by atoms with Gasteiger partial charge in [-0.1, -0.05) is 0 Å². The number of aliphatic hydroxyl groups is 1. The van der Waals surface area contributed by atoms with Gasteiger partial charge in [0.05, 0.1) is 0 Å². The maximum absolute atomic E-state index is 10.5. The molecule has 2 aliphatic heterocycles. The summed E-state index contributed by atoms with van der Waals surface area (Å²) in [7, 11) is 0. The molecule has 2 fully saturated rings. The monoisotopic (exact) mass is 650 g/mol. The Balaban J connectivity index is 1.69. The standard InChI is InChI=1S/C19H27N4O3.3C4H9.Sn/c1-19(2,24)14-3-5-22(6-4-14)12-15-11-16-17(26-15)18(21-13-20-16)23-7-9-25-10-8-23;3*1-3-4-2;/h11,14,24H,3-10,12H2,1-2H3;3*1,3-4H2,2H3;. The van der Waals surface area contributed by atoms with E-state index in [0.717, 1.165) is 81.5 Å². The van der Waals surface area contributed by atoms with Crippen LogP contribution in [0.1, 0.15) is 91.7 Å². The molecule has 220 valence electrons. The number of hydrogen-bond acceptors (Lipinski definition) is 7. The van der Waals surface area contributed by atoms with Crippen LogP contribution < -0.4 is 8.74 Å². The van der Waals surface area contributed by atoms with Gasteiger partial charge in [-0.2, -0.15) is 0 Å². The normalized spacial score (nSPS) is 18.4. The van der Waals surface area contributed by atoms with Crippen molar-refractivity contribution in [1.82, 2.24) is 14.9 Å². The molecule has 2 aromatic rings. The second-order valence-corrected chi connectivity index (χ2v) is 25.6. The summed E-state index contributed by atoms with van der Waals surface area (Å²) in [6, 6.07) is 2.21. The first kappa shape index (κ1) is 31.0. The first-order valence-corrected chi connectivity index (χ1v) is 23.4. The average Bonchev–Trinajstić information content (AvgIpc) is 3.35. The van der Waals surface area contributed by atoms with Crippen molar-refractivity contribution in [2.24, 2.45) is 5.92 Å². The van der Waals surface area contributed by atoms with Crippen molar-refractivity contribution in [3.8, 4) is 0 Å². The van der Waals surface area contributed by atoms with Crippen molar-refractivity contribution in [2.75, 3.05) is 44.3 Å². The molecule has 4 rings (SSSR count). The van der Waals surface area contributed by atoms with Crippen molar-refractivity contribution in [1.29, 1.82) is 0 Å². The van der Waals surface area contributed by atoms with Gasteiger partial charge in [0.1, 0.15) is 0 Å². The Labute approximate surface area is 241 Å². The second kappa shape index (κ2) is 14.3. The van der Waals surface area contributed by atoms with Crippen molar-refractivity contribution >= 4 is 39.1 Å². The fourth-order valence-corrected chi connectivity index (χ4v) is 21.4. The third-order valence-electron chi connectivity index (χ3n) is 9.18. The molecule has 0 saturated carbocycles. The van der Waals surface area contributed by atoms with Crippen LogP contribution in [0.4, 0.5) is 5.82 Å². The molecule has 8 heteroatoms. The van der Waals surface area contributed by atoms with Gasteiger partial charge in [0.25, 0.3) is 0 Å². The Hall–Kier alpha value is -0.901. The van der Waals surface area contributed by atoms with Crippen molar-refractivity contribution in [3.63, 3.8) is 0 Å². The quantitative estimate of drug-likeness (QED) is 0.248. The molecule has 0 aromatic carbocycles. The second-order valence-electron chi connectivity index (χ2n) is 12.7. The molecular weight excluding hydrogens is 595 g/mol. The van der Waals surface area contributed by atoms with Crippen molar-refractivity contribution in [2.45, 2.75) is 111 Å². The SMILES string of the molecule is CCC[CH2][Sn]([CH2]CCC)([CH2]CCC)[c]1nc(N2CCOCC2)c2oc(CN3CCC(C(C)(C)O)CC3)cc2n1. The molecule has 2 aliphatic rings. The van der Waals surface area contributed by atoms with Crippen LogP contribution in [0.3, 0.4) is 0 Å². The zero-order chi connectivity index (χ0) is 27.9. The predicted octanol–water partition coefficient (Wildman–Crippen LogP) is 6.10. The van der Waals surface area contributed by atoms with Crippen molar-refractivity contribution < 1.29 is 14.3 Å². The van der Waals surface area contributed by atoms with Gasteiger partial charge in [-0.05, 0) is 0 Å². The molecule has 0 atom stereocenters. The molecule has 7 nitrogen and oxygen atoms in total. The third-order valence-corrected chi connectivity index (χ3v) is 23.8. The van der Waals surface area contributed by atoms with Crippen LogP contribution in [0.2, 0.25) is 13.3 Å². The maximum atomic E-state index is 10.5. The number of furan rings is 1. The summed E-state index contributed by atoms with van der Waals surface area (Å²) in [4.78, 5) is 15.7. The molecule has 0 amide bonds. The predicted molar refractivity (Wildman–Crippen MR) is 164 cm³/mol. The summed E-state index contributed by atoms with van der Waals surface area (Å²) in [5, 5.41) is 10.5. The molecule has 2 saturated heterocycles. The number of anilines is 1. The molecule has 4 heterocycles. The molecule has 39 heavy (non-hydrogen) atoms. The van der Waals surface area contributed by atoms with Crippen LogP contribution in [-0.4, -0.2) is 83.3 Å². The fourth-order valence-electron chi connectivity index (χ4n) is 6.54. The molecule has 0 aliphatic carbocycles. The van der Waals surface area contributed by atoms with E-state index < -0.39 is 24.0 Å². The van der Waals surface area contributed by atoms with Gasteiger partial charge in [-0.15, -0.1) is 0 Å². The molecule has 1 N–H and O–H groups in total. The van der Waals surface area contributed by atoms with Gasteiger partial charge < -0.3 is 0 Å². The first-order chi connectivity index (χ1) is 18.8. The number of ether oxygens (including phenoxy) is 1. The summed E-state index contributed by atoms with van der Waals surface area (Å²) in [6.07, 6.45) is 9.69. The number of fused-ring (bicyclic) bond motifs is 1. The van der Waals surface area contributed by atoms with E-state index in [0.29, 0.717) is 5.92 Å². The molecule has 0 radical (unpaired) electrons. The number of unbranched alkanes of at least 4 members (excludes halogenated alkanes) is 3. The Morgan fingerprint density at radius 2 is 1.51 bits per heavy atom. The van der Waals surface area contributed by atoms with Gasteiger partial charge in [0.15, 0.2) is 0 Å². The minimum absolute atomic E-state index is 0.362. The molecule has 0 unspecified atom stereocenters. The Bertz CT molecular complexity index is 1000. The summed E-state index contributed by atoms with van der Waals surface area (Å²) in [5.41, 5.74) is 1.27. The fraction of sp³-hybridized carbons (Fsp3) is 0.806. The number of morpholine rings is 1. The Kier molecular flexibility index (Phi) is 11.4. The zero-order valence-corrected chi connectivity index (χ0v) is 28.3. The Morgan fingerprint density at radius 1 is 0.923 bits per heavy atom. The van der Waals surface area contributed by atoms with E-state index in [4.69, 9.17) is 19.1 Å². The third kappa shape index (κ3) is 7.89. The van der Waals surface area contributed by atoms with Crippen LogP contribution in [0.5, 0.6) is 0 Å². The molecule has 2 aromatic heterocycles. The molecular formula is C31H54N4O3Sn. The minimum atomic E-state index is -2.83. The number of likely N-dealkylation sites (tertiary alicyclic amines) is 1. The van der Waals surface area contributed by atoms with E-state index in [1.165, 1.54) is 55.7 Å². The summed E-state index contributed by atoms with van der Waals surface area (Å²) in [6.45, 7) is 16.8. The van der Waals surface area contributed by atoms with E-state index in [1.54, 1.807) is 0 Å². The van der Waals surface area contributed by atoms with Crippen LogP contribution >= 0.6 is 0 Å². The number of piperidine rings is 1. The van der Waals surface area contributed by atoms with E-state index in [1.807, 2.05) is 13.8 Å². The topological polar surface area (TPSA) is 74.9 Å². The van der Waals surface area contributed by atoms with Gasteiger partial charge in [-0.3, -0.25) is 0 Å². The van der Waals surface area contributed by atoms with Crippen LogP contribution in [-0.2, 0) is 11.3 Å². The van der Waals surface area contributed by atoms with Crippen LogP contribution in [0.15, 0.2) is 10.5 Å². The van der Waals surface area contributed by atoms with Crippen LogP contribution in [0.25, 0.3) is 11.1 Å². The van der Waals surface area contributed by atoms with E-state index in [9.17, 15) is 5.11 Å². The number of hydrogen-bond donors (Lipinski definition) is 1. The number of nitrogens with zero attached hydrogens (tertiary/aromatic N) is 4. The van der Waals surface area contributed by atoms with E-state index >= 15 is 0 Å². The summed E-state index contributed by atoms with van der Waals surface area (Å²) in [5.74, 6) is 2.36.